The maximum atomic E-state index is 11.8. The monoisotopic (exact) mass is 370 g/mol. The zero-order valence-electron chi connectivity index (χ0n) is 10.1. The van der Waals surface area contributed by atoms with E-state index < -0.39 is 0 Å². The molecule has 1 heterocycles. The number of furan rings is 1. The van der Waals surface area contributed by atoms with Crippen molar-refractivity contribution in [3.8, 4) is 5.75 Å². The molecular weight excluding hydrogens is 359 g/mol. The van der Waals surface area contributed by atoms with Crippen LogP contribution in [-0.4, -0.2) is 19.2 Å². The highest BCUT2D eigenvalue weighted by Crippen LogP contribution is 2.21. The third kappa shape index (κ3) is 3.57. The third-order valence-corrected chi connectivity index (χ3v) is 3.21. The number of nitrogens with zero attached hydrogens (tertiary/aromatic N) is 1. The van der Waals surface area contributed by atoms with Crippen molar-refractivity contribution < 1.29 is 13.9 Å². The van der Waals surface area contributed by atoms with Crippen molar-refractivity contribution in [2.75, 3.05) is 7.11 Å². The minimum absolute atomic E-state index is 0.308. The SMILES string of the molecule is COc1cc(C(=O)N/N=C/c2ccco2)ccc1I. The Morgan fingerprint density at radius 2 is 2.32 bits per heavy atom. The van der Waals surface area contributed by atoms with Gasteiger partial charge in [0, 0.05) is 5.56 Å². The smallest absolute Gasteiger partial charge is 0.271 e. The number of benzene rings is 1. The highest BCUT2D eigenvalue weighted by Gasteiger charge is 2.08. The largest absolute Gasteiger partial charge is 0.496 e. The number of nitrogens with one attached hydrogen (secondary N) is 1. The molecule has 1 N–H and O–H groups in total. The fraction of sp³-hybridized carbons (Fsp3) is 0.0769. The molecule has 6 heteroatoms. The molecular formula is C13H11IN2O3. The van der Waals surface area contributed by atoms with Crippen molar-refractivity contribution in [1.82, 2.24) is 5.43 Å². The number of hydrogen-bond acceptors (Lipinski definition) is 4. The van der Waals surface area contributed by atoms with Crippen molar-refractivity contribution >= 4 is 34.7 Å². The summed E-state index contributed by atoms with van der Waals surface area (Å²) in [6, 6.07) is 8.67. The van der Waals surface area contributed by atoms with Gasteiger partial charge in [0.2, 0.25) is 0 Å². The molecule has 5 nitrogen and oxygen atoms in total. The van der Waals surface area contributed by atoms with Gasteiger partial charge in [0.05, 0.1) is 23.2 Å². The number of hydrogen-bond donors (Lipinski definition) is 1. The Labute approximate surface area is 123 Å². The van der Waals surface area contributed by atoms with Crippen LogP contribution in [0, 0.1) is 3.57 Å². The quantitative estimate of drug-likeness (QED) is 0.511. The zero-order valence-corrected chi connectivity index (χ0v) is 12.2. The molecule has 0 aliphatic carbocycles. The molecule has 1 aromatic heterocycles. The molecule has 0 bridgehead atoms. The standard InChI is InChI=1S/C13H11IN2O3/c1-18-12-7-9(4-5-11(12)14)13(17)16-15-8-10-3-2-6-19-10/h2-8H,1H3,(H,16,17)/b15-8+. The molecule has 0 radical (unpaired) electrons. The number of hydrazone groups is 1. The summed E-state index contributed by atoms with van der Waals surface area (Å²) >= 11 is 2.14. The molecule has 2 rings (SSSR count). The molecule has 2 aromatic rings. The topological polar surface area (TPSA) is 63.8 Å². The van der Waals surface area contributed by atoms with E-state index >= 15 is 0 Å². The predicted octanol–water partition coefficient (Wildman–Crippen LogP) is 2.66. The highest BCUT2D eigenvalue weighted by atomic mass is 127. The average molecular weight is 370 g/mol. The Morgan fingerprint density at radius 3 is 3.00 bits per heavy atom. The van der Waals surface area contributed by atoms with E-state index in [1.54, 1.807) is 31.4 Å². The number of rotatable bonds is 4. The van der Waals surface area contributed by atoms with E-state index in [1.165, 1.54) is 12.5 Å². The Bertz CT molecular complexity index is 594. The van der Waals surface area contributed by atoms with Crippen LogP contribution >= 0.6 is 22.6 Å². The molecule has 0 aliphatic heterocycles. The first-order chi connectivity index (χ1) is 9.20. The van der Waals surface area contributed by atoms with E-state index in [4.69, 9.17) is 9.15 Å². The summed E-state index contributed by atoms with van der Waals surface area (Å²) in [6.45, 7) is 0. The fourth-order valence-electron chi connectivity index (χ4n) is 1.38. The second-order valence-corrected chi connectivity index (χ2v) is 4.73. The maximum absolute atomic E-state index is 11.8. The maximum Gasteiger partial charge on any atom is 0.271 e. The predicted molar refractivity (Wildman–Crippen MR) is 79.5 cm³/mol. The minimum Gasteiger partial charge on any atom is -0.496 e. The third-order valence-electron chi connectivity index (χ3n) is 2.31. The van der Waals surface area contributed by atoms with Gasteiger partial charge >= 0.3 is 0 Å². The van der Waals surface area contributed by atoms with E-state index in [0.717, 1.165) is 3.57 Å². The summed E-state index contributed by atoms with van der Waals surface area (Å²) < 4.78 is 11.2. The molecule has 1 amide bonds. The molecule has 19 heavy (non-hydrogen) atoms. The van der Waals surface area contributed by atoms with Crippen LogP contribution in [0.2, 0.25) is 0 Å². The van der Waals surface area contributed by atoms with Crippen molar-refractivity contribution in [3.05, 3.63) is 51.5 Å². The van der Waals surface area contributed by atoms with Gasteiger partial charge in [0.1, 0.15) is 11.5 Å². The van der Waals surface area contributed by atoms with Gasteiger partial charge in [0.25, 0.3) is 5.91 Å². The molecule has 0 spiro atoms. The number of carbonyl (C=O) groups excluding carboxylic acids is 1. The van der Waals surface area contributed by atoms with E-state index in [0.29, 0.717) is 17.1 Å². The van der Waals surface area contributed by atoms with Gasteiger partial charge in [-0.05, 0) is 52.9 Å². The van der Waals surface area contributed by atoms with Crippen molar-refractivity contribution in [2.24, 2.45) is 5.10 Å². The van der Waals surface area contributed by atoms with Crippen LogP contribution in [0.3, 0.4) is 0 Å². The molecule has 0 fully saturated rings. The van der Waals surface area contributed by atoms with Crippen molar-refractivity contribution in [3.63, 3.8) is 0 Å². The van der Waals surface area contributed by atoms with E-state index in [2.05, 4.69) is 33.1 Å². The van der Waals surface area contributed by atoms with Gasteiger partial charge in [-0.1, -0.05) is 0 Å². The van der Waals surface area contributed by atoms with E-state index in [1.807, 2.05) is 6.07 Å². The minimum atomic E-state index is -0.308. The van der Waals surface area contributed by atoms with Gasteiger partial charge in [-0.25, -0.2) is 5.43 Å². The first kappa shape index (κ1) is 13.6. The van der Waals surface area contributed by atoms with Crippen molar-refractivity contribution in [1.29, 1.82) is 0 Å². The molecule has 98 valence electrons. The van der Waals surface area contributed by atoms with Crippen LogP contribution in [-0.2, 0) is 0 Å². The van der Waals surface area contributed by atoms with Gasteiger partial charge in [-0.3, -0.25) is 4.79 Å². The summed E-state index contributed by atoms with van der Waals surface area (Å²) in [7, 11) is 1.56. The Balaban J connectivity index is 2.04. The summed E-state index contributed by atoms with van der Waals surface area (Å²) in [4.78, 5) is 11.8. The van der Waals surface area contributed by atoms with Crippen LogP contribution in [0.15, 0.2) is 46.1 Å². The highest BCUT2D eigenvalue weighted by molar-refractivity contribution is 14.1. The zero-order chi connectivity index (χ0) is 13.7. The van der Waals surface area contributed by atoms with E-state index in [-0.39, 0.29) is 5.91 Å². The second kappa shape index (κ2) is 6.37. The molecule has 0 saturated carbocycles. The first-order valence-corrected chi connectivity index (χ1v) is 6.49. The van der Waals surface area contributed by atoms with Crippen molar-refractivity contribution in [2.45, 2.75) is 0 Å². The van der Waals surface area contributed by atoms with Crippen LogP contribution in [0.4, 0.5) is 0 Å². The molecule has 0 saturated heterocycles. The molecule has 0 aliphatic rings. The number of halogens is 1. The van der Waals surface area contributed by atoms with Crippen LogP contribution in [0.5, 0.6) is 5.75 Å². The lowest BCUT2D eigenvalue weighted by Gasteiger charge is -2.05. The summed E-state index contributed by atoms with van der Waals surface area (Å²) in [5.41, 5.74) is 2.90. The van der Waals surface area contributed by atoms with Gasteiger partial charge < -0.3 is 9.15 Å². The molecule has 0 atom stereocenters. The Hall–Kier alpha value is -1.83. The summed E-state index contributed by atoms with van der Waals surface area (Å²) in [5, 5.41) is 3.81. The number of methoxy groups -OCH3 is 1. The Kier molecular flexibility index (Phi) is 4.56. The van der Waals surface area contributed by atoms with Gasteiger partial charge in [0.15, 0.2) is 0 Å². The molecule has 1 aromatic carbocycles. The van der Waals surface area contributed by atoms with Crippen LogP contribution in [0.1, 0.15) is 16.1 Å². The van der Waals surface area contributed by atoms with Crippen LogP contribution in [0.25, 0.3) is 0 Å². The number of ether oxygens (including phenoxy) is 1. The van der Waals surface area contributed by atoms with Crippen LogP contribution < -0.4 is 10.2 Å². The first-order valence-electron chi connectivity index (χ1n) is 5.41. The molecule has 0 unspecified atom stereocenters. The van der Waals surface area contributed by atoms with E-state index in [9.17, 15) is 4.79 Å². The number of amides is 1. The fourth-order valence-corrected chi connectivity index (χ4v) is 1.94. The van der Waals surface area contributed by atoms with Gasteiger partial charge in [-0.2, -0.15) is 5.10 Å². The second-order valence-electron chi connectivity index (χ2n) is 3.56. The lowest BCUT2D eigenvalue weighted by molar-refractivity contribution is 0.0954. The lowest BCUT2D eigenvalue weighted by atomic mass is 10.2. The summed E-state index contributed by atoms with van der Waals surface area (Å²) in [6.07, 6.45) is 2.97. The normalized spacial score (nSPS) is 10.6. The lowest BCUT2D eigenvalue weighted by Crippen LogP contribution is -2.17. The number of carbonyl (C=O) groups is 1. The van der Waals surface area contributed by atoms with Gasteiger partial charge in [-0.15, -0.1) is 0 Å². The Morgan fingerprint density at radius 1 is 1.47 bits per heavy atom. The average Bonchev–Trinajstić information content (AvgIpc) is 2.92. The summed E-state index contributed by atoms with van der Waals surface area (Å²) in [5.74, 6) is 0.918.